The van der Waals surface area contributed by atoms with Gasteiger partial charge in [0.2, 0.25) is 5.91 Å². The third-order valence-electron chi connectivity index (χ3n) is 5.04. The van der Waals surface area contributed by atoms with E-state index in [-0.39, 0.29) is 18.1 Å². The normalized spacial score (nSPS) is 15.0. The van der Waals surface area contributed by atoms with Gasteiger partial charge in [0, 0.05) is 44.9 Å². The number of non-ortho nitro benzene ring substituents is 1. The smallest absolute Gasteiger partial charge is 0.271 e. The summed E-state index contributed by atoms with van der Waals surface area (Å²) in [6.07, 6.45) is 0. The molecule has 0 bridgehead atoms. The van der Waals surface area contributed by atoms with Crippen LogP contribution < -0.4 is 10.1 Å². The van der Waals surface area contributed by atoms with Gasteiger partial charge in [-0.15, -0.1) is 0 Å². The second-order valence-corrected chi connectivity index (χ2v) is 7.61. The van der Waals surface area contributed by atoms with Crippen molar-refractivity contribution in [1.82, 2.24) is 9.80 Å². The minimum absolute atomic E-state index is 0.0384. The Morgan fingerprint density at radius 1 is 1.17 bits per heavy atom. The molecule has 0 atom stereocenters. The molecule has 1 fully saturated rings. The maximum absolute atomic E-state index is 12.4. The Labute approximate surface area is 180 Å². The minimum atomic E-state index is -0.468. The Balaban J connectivity index is 1.40. The van der Waals surface area contributed by atoms with Crippen LogP contribution in [0.15, 0.2) is 42.5 Å². The summed E-state index contributed by atoms with van der Waals surface area (Å²) in [6.45, 7) is 6.63. The molecule has 3 rings (SSSR count). The Hall–Kier alpha value is -2.68. The minimum Gasteiger partial charge on any atom is -0.491 e. The number of para-hydroxylation sites is 1. The van der Waals surface area contributed by atoms with Crippen molar-refractivity contribution in [1.29, 1.82) is 0 Å². The maximum atomic E-state index is 12.4. The highest BCUT2D eigenvalue weighted by atomic mass is 35.5. The van der Waals surface area contributed by atoms with Crippen LogP contribution >= 0.6 is 11.6 Å². The summed E-state index contributed by atoms with van der Waals surface area (Å²) in [7, 11) is 0. The van der Waals surface area contributed by atoms with Gasteiger partial charge in [-0.1, -0.05) is 29.8 Å². The molecular formula is C21H25ClN4O4. The molecule has 0 saturated carbocycles. The zero-order valence-corrected chi connectivity index (χ0v) is 17.6. The number of nitrogens with one attached hydrogen (secondary N) is 1. The first-order chi connectivity index (χ1) is 14.4. The first-order valence-electron chi connectivity index (χ1n) is 9.79. The highest BCUT2D eigenvalue weighted by Crippen LogP contribution is 2.23. The quantitative estimate of drug-likeness (QED) is 0.509. The van der Waals surface area contributed by atoms with E-state index in [0.717, 1.165) is 38.3 Å². The van der Waals surface area contributed by atoms with Gasteiger partial charge in [0.05, 0.1) is 22.2 Å². The number of hydrogen-bond donors (Lipinski definition) is 1. The number of aryl methyl sites for hydroxylation is 1. The number of amides is 1. The molecule has 30 heavy (non-hydrogen) atoms. The molecule has 1 N–H and O–H groups in total. The second kappa shape index (κ2) is 10.4. The molecule has 0 unspecified atom stereocenters. The van der Waals surface area contributed by atoms with Crippen molar-refractivity contribution in [3.8, 4) is 5.75 Å². The van der Waals surface area contributed by atoms with Crippen molar-refractivity contribution >= 4 is 28.9 Å². The van der Waals surface area contributed by atoms with E-state index in [1.165, 1.54) is 12.1 Å². The molecule has 0 spiro atoms. The molecule has 1 aliphatic rings. The van der Waals surface area contributed by atoms with E-state index >= 15 is 0 Å². The molecule has 2 aromatic carbocycles. The number of hydrogen-bond acceptors (Lipinski definition) is 6. The summed E-state index contributed by atoms with van der Waals surface area (Å²) in [5.74, 6) is 0.514. The summed E-state index contributed by atoms with van der Waals surface area (Å²) in [5.41, 5.74) is 1.23. The van der Waals surface area contributed by atoms with Crippen LogP contribution in [0.1, 0.15) is 5.56 Å². The van der Waals surface area contributed by atoms with Gasteiger partial charge >= 0.3 is 0 Å². The number of nitro groups is 1. The first-order valence-corrected chi connectivity index (χ1v) is 10.2. The predicted molar refractivity (Wildman–Crippen MR) is 116 cm³/mol. The summed E-state index contributed by atoms with van der Waals surface area (Å²) >= 11 is 6.09. The van der Waals surface area contributed by atoms with Crippen LogP contribution in [0.5, 0.6) is 5.75 Å². The number of nitrogens with zero attached hydrogens (tertiary/aromatic N) is 3. The van der Waals surface area contributed by atoms with Crippen LogP contribution in [-0.2, 0) is 4.79 Å². The van der Waals surface area contributed by atoms with E-state index < -0.39 is 4.92 Å². The van der Waals surface area contributed by atoms with Crippen LogP contribution in [0.25, 0.3) is 0 Å². The van der Waals surface area contributed by atoms with E-state index in [1.807, 2.05) is 25.1 Å². The number of benzene rings is 2. The molecular weight excluding hydrogens is 408 g/mol. The van der Waals surface area contributed by atoms with Crippen LogP contribution in [0.4, 0.5) is 11.4 Å². The van der Waals surface area contributed by atoms with Gasteiger partial charge in [0.15, 0.2) is 0 Å². The Morgan fingerprint density at radius 3 is 2.57 bits per heavy atom. The van der Waals surface area contributed by atoms with Gasteiger partial charge in [-0.2, -0.15) is 0 Å². The van der Waals surface area contributed by atoms with E-state index in [9.17, 15) is 14.9 Å². The molecule has 0 aliphatic carbocycles. The highest BCUT2D eigenvalue weighted by Gasteiger charge is 2.19. The fraction of sp³-hybridized carbons (Fsp3) is 0.381. The van der Waals surface area contributed by atoms with Gasteiger partial charge in [0.1, 0.15) is 12.4 Å². The lowest BCUT2D eigenvalue weighted by Gasteiger charge is -2.34. The van der Waals surface area contributed by atoms with Crippen molar-refractivity contribution in [2.75, 3.05) is 51.2 Å². The molecule has 1 amide bonds. The molecule has 9 heteroatoms. The van der Waals surface area contributed by atoms with Crippen LogP contribution in [-0.4, -0.2) is 66.5 Å². The number of anilines is 1. The molecule has 1 heterocycles. The lowest BCUT2D eigenvalue weighted by atomic mass is 10.2. The largest absolute Gasteiger partial charge is 0.491 e. The van der Waals surface area contributed by atoms with Gasteiger partial charge < -0.3 is 10.1 Å². The number of rotatable bonds is 8. The Bertz CT molecular complexity index is 900. The average Bonchev–Trinajstić information content (AvgIpc) is 2.72. The van der Waals surface area contributed by atoms with E-state index in [2.05, 4.69) is 15.1 Å². The Kier molecular flexibility index (Phi) is 7.62. The second-order valence-electron chi connectivity index (χ2n) is 7.20. The van der Waals surface area contributed by atoms with Crippen molar-refractivity contribution in [3.63, 3.8) is 0 Å². The van der Waals surface area contributed by atoms with Crippen molar-refractivity contribution < 1.29 is 14.5 Å². The zero-order valence-electron chi connectivity index (χ0n) is 16.8. The maximum Gasteiger partial charge on any atom is 0.271 e. The first kappa shape index (κ1) is 22.0. The van der Waals surface area contributed by atoms with E-state index in [0.29, 0.717) is 23.1 Å². The van der Waals surface area contributed by atoms with Gasteiger partial charge in [0.25, 0.3) is 5.69 Å². The molecule has 2 aromatic rings. The van der Waals surface area contributed by atoms with E-state index in [4.69, 9.17) is 16.3 Å². The summed E-state index contributed by atoms with van der Waals surface area (Å²) < 4.78 is 5.74. The number of piperazine rings is 1. The van der Waals surface area contributed by atoms with Crippen LogP contribution in [0.3, 0.4) is 0 Å². The molecule has 8 nitrogen and oxygen atoms in total. The van der Waals surface area contributed by atoms with Crippen LogP contribution in [0, 0.1) is 17.0 Å². The molecule has 0 radical (unpaired) electrons. The predicted octanol–water partition coefficient (Wildman–Crippen LogP) is 3.19. The lowest BCUT2D eigenvalue weighted by Crippen LogP contribution is -2.49. The standard InChI is InChI=1S/C21H25ClN4O4/c1-16-6-7-17(26(28)29)14-19(16)23-21(27)15-25-10-8-24(9-11-25)12-13-30-20-5-3-2-4-18(20)22/h2-7,14H,8-13,15H2,1H3,(H,23,27). The molecule has 160 valence electrons. The van der Waals surface area contributed by atoms with E-state index in [1.54, 1.807) is 12.1 Å². The Morgan fingerprint density at radius 2 is 1.87 bits per heavy atom. The number of nitro benzene ring substituents is 1. The third kappa shape index (κ3) is 6.16. The summed E-state index contributed by atoms with van der Waals surface area (Å²) in [5, 5.41) is 14.3. The van der Waals surface area contributed by atoms with Gasteiger partial charge in [-0.3, -0.25) is 24.7 Å². The van der Waals surface area contributed by atoms with Crippen LogP contribution in [0.2, 0.25) is 5.02 Å². The fourth-order valence-electron chi connectivity index (χ4n) is 3.27. The summed E-state index contributed by atoms with van der Waals surface area (Å²) in [6, 6.07) is 11.9. The molecule has 1 aliphatic heterocycles. The number of ether oxygens (including phenoxy) is 1. The lowest BCUT2D eigenvalue weighted by molar-refractivity contribution is -0.384. The zero-order chi connectivity index (χ0) is 21.5. The van der Waals surface area contributed by atoms with Gasteiger partial charge in [-0.25, -0.2) is 0 Å². The molecule has 1 saturated heterocycles. The number of carbonyl (C=O) groups is 1. The SMILES string of the molecule is Cc1ccc([N+](=O)[O-])cc1NC(=O)CN1CCN(CCOc2ccccc2Cl)CC1. The van der Waals surface area contributed by atoms with Crippen molar-refractivity contribution in [3.05, 3.63) is 63.2 Å². The number of halogens is 1. The van der Waals surface area contributed by atoms with Crippen molar-refractivity contribution in [2.24, 2.45) is 0 Å². The van der Waals surface area contributed by atoms with Crippen molar-refractivity contribution in [2.45, 2.75) is 6.92 Å². The van der Waals surface area contributed by atoms with Gasteiger partial charge in [-0.05, 0) is 24.6 Å². The topological polar surface area (TPSA) is 88.0 Å². The third-order valence-corrected chi connectivity index (χ3v) is 5.35. The fourth-order valence-corrected chi connectivity index (χ4v) is 3.46. The molecule has 0 aromatic heterocycles. The monoisotopic (exact) mass is 432 g/mol. The summed E-state index contributed by atoms with van der Waals surface area (Å²) in [4.78, 5) is 27.2. The number of carbonyl (C=O) groups excluding carboxylic acids is 1. The highest BCUT2D eigenvalue weighted by molar-refractivity contribution is 6.32. The average molecular weight is 433 g/mol.